The second-order valence-electron chi connectivity index (χ2n) is 9.93. The lowest BCUT2D eigenvalue weighted by molar-refractivity contribution is -0.0966. The van der Waals surface area contributed by atoms with E-state index in [1.807, 2.05) is 12.1 Å². The SMILES string of the molecule is CC1(C)C[C@]2(CN3CCOCC3)CN(C(=O)c3ccc4c(c3)CCCO4)C[C@H]12. The molecule has 3 heterocycles. The highest BCUT2D eigenvalue weighted by molar-refractivity contribution is 5.95. The minimum absolute atomic E-state index is 0.194. The molecule has 5 rings (SSSR count). The van der Waals surface area contributed by atoms with Gasteiger partial charge in [0.25, 0.3) is 5.91 Å². The number of carbonyl (C=O) groups excluding carboxylic acids is 1. The van der Waals surface area contributed by atoms with Crippen molar-refractivity contribution in [2.75, 3.05) is 52.5 Å². The first kappa shape index (κ1) is 18.4. The molecular weight excluding hydrogens is 352 g/mol. The van der Waals surface area contributed by atoms with Crippen LogP contribution in [0, 0.1) is 16.7 Å². The van der Waals surface area contributed by atoms with Gasteiger partial charge >= 0.3 is 0 Å². The number of nitrogens with zero attached hydrogens (tertiary/aromatic N) is 2. The molecule has 3 aliphatic heterocycles. The van der Waals surface area contributed by atoms with Crippen LogP contribution in [0.4, 0.5) is 0 Å². The summed E-state index contributed by atoms with van der Waals surface area (Å²) in [7, 11) is 0. The number of rotatable bonds is 3. The Balaban J connectivity index is 1.34. The van der Waals surface area contributed by atoms with E-state index in [0.29, 0.717) is 11.3 Å². The number of benzene rings is 1. The van der Waals surface area contributed by atoms with Gasteiger partial charge in [-0.05, 0) is 54.4 Å². The third kappa shape index (κ3) is 3.03. The molecule has 0 N–H and O–H groups in total. The first-order valence-corrected chi connectivity index (χ1v) is 10.8. The topological polar surface area (TPSA) is 42.0 Å². The molecule has 0 spiro atoms. The number of hydrogen-bond donors (Lipinski definition) is 0. The van der Waals surface area contributed by atoms with E-state index in [1.54, 1.807) is 0 Å². The Bertz CT molecular complexity index is 771. The Hall–Kier alpha value is -1.59. The monoisotopic (exact) mass is 384 g/mol. The molecule has 0 bridgehead atoms. The molecule has 2 atom stereocenters. The van der Waals surface area contributed by atoms with Gasteiger partial charge in [-0.15, -0.1) is 0 Å². The van der Waals surface area contributed by atoms with Crippen molar-refractivity contribution in [2.24, 2.45) is 16.7 Å². The van der Waals surface area contributed by atoms with Gasteiger partial charge in [-0.1, -0.05) is 13.8 Å². The van der Waals surface area contributed by atoms with E-state index >= 15 is 0 Å². The standard InChI is InChI=1S/C23H32N2O3/c1-22(2)14-23(15-24-7-10-27-11-8-24)16-25(13-20(22)23)21(26)18-5-6-19-17(12-18)4-3-9-28-19/h5-6,12,20H,3-4,7-11,13-16H2,1-2H3/t20-,23+/m1/s1. The first-order chi connectivity index (χ1) is 13.5. The fourth-order valence-corrected chi connectivity index (χ4v) is 6.37. The fraction of sp³-hybridized carbons (Fsp3) is 0.696. The molecule has 1 aliphatic carbocycles. The van der Waals surface area contributed by atoms with Crippen molar-refractivity contribution in [2.45, 2.75) is 33.1 Å². The van der Waals surface area contributed by atoms with Gasteiger partial charge in [0.15, 0.2) is 0 Å². The van der Waals surface area contributed by atoms with E-state index in [4.69, 9.17) is 9.47 Å². The third-order valence-electron chi connectivity index (χ3n) is 7.48. The molecule has 1 amide bonds. The Morgan fingerprint density at radius 3 is 2.82 bits per heavy atom. The molecule has 152 valence electrons. The van der Waals surface area contributed by atoms with Crippen molar-refractivity contribution in [3.8, 4) is 5.75 Å². The van der Waals surface area contributed by atoms with Crippen molar-refractivity contribution in [3.05, 3.63) is 29.3 Å². The highest BCUT2D eigenvalue weighted by Gasteiger charge is 2.63. The lowest BCUT2D eigenvalue weighted by Crippen LogP contribution is -2.59. The smallest absolute Gasteiger partial charge is 0.253 e. The number of hydrogen-bond acceptors (Lipinski definition) is 4. The highest BCUT2D eigenvalue weighted by atomic mass is 16.5. The number of ether oxygens (including phenoxy) is 2. The summed E-state index contributed by atoms with van der Waals surface area (Å²) in [6.45, 7) is 12.1. The van der Waals surface area contributed by atoms with Crippen LogP contribution in [0.15, 0.2) is 18.2 Å². The Morgan fingerprint density at radius 2 is 2.04 bits per heavy atom. The molecule has 3 fully saturated rings. The van der Waals surface area contributed by atoms with E-state index < -0.39 is 0 Å². The highest BCUT2D eigenvalue weighted by Crippen LogP contribution is 2.63. The predicted molar refractivity (Wildman–Crippen MR) is 108 cm³/mol. The summed E-state index contributed by atoms with van der Waals surface area (Å²) in [5.41, 5.74) is 2.59. The van der Waals surface area contributed by atoms with Crippen molar-refractivity contribution in [1.82, 2.24) is 9.80 Å². The van der Waals surface area contributed by atoms with Crippen LogP contribution in [-0.2, 0) is 11.2 Å². The minimum Gasteiger partial charge on any atom is -0.493 e. The van der Waals surface area contributed by atoms with Crippen molar-refractivity contribution >= 4 is 5.91 Å². The van der Waals surface area contributed by atoms with E-state index in [2.05, 4.69) is 29.7 Å². The molecule has 1 aromatic carbocycles. The Morgan fingerprint density at radius 1 is 1.21 bits per heavy atom. The quantitative estimate of drug-likeness (QED) is 0.804. The molecule has 28 heavy (non-hydrogen) atoms. The van der Waals surface area contributed by atoms with Crippen LogP contribution in [0.2, 0.25) is 0 Å². The Kier molecular flexibility index (Phi) is 4.44. The number of amides is 1. The molecular formula is C23H32N2O3. The lowest BCUT2D eigenvalue weighted by atomic mass is 9.48. The van der Waals surface area contributed by atoms with Crippen LogP contribution >= 0.6 is 0 Å². The van der Waals surface area contributed by atoms with Gasteiger partial charge in [-0.3, -0.25) is 9.69 Å². The molecule has 0 radical (unpaired) electrons. The minimum atomic E-state index is 0.194. The summed E-state index contributed by atoms with van der Waals surface area (Å²) in [6, 6.07) is 6.00. The summed E-state index contributed by atoms with van der Waals surface area (Å²) in [6.07, 6.45) is 3.25. The van der Waals surface area contributed by atoms with Crippen LogP contribution < -0.4 is 4.74 Å². The molecule has 5 heteroatoms. The number of likely N-dealkylation sites (tertiary alicyclic amines) is 1. The fourth-order valence-electron chi connectivity index (χ4n) is 6.37. The number of carbonyl (C=O) groups is 1. The third-order valence-corrected chi connectivity index (χ3v) is 7.48. The van der Waals surface area contributed by atoms with Crippen LogP contribution in [0.5, 0.6) is 5.75 Å². The molecule has 2 saturated heterocycles. The predicted octanol–water partition coefficient (Wildman–Crippen LogP) is 2.83. The van der Waals surface area contributed by atoms with Gasteiger partial charge in [0.05, 0.1) is 19.8 Å². The largest absolute Gasteiger partial charge is 0.493 e. The molecule has 0 unspecified atom stereocenters. The average Bonchev–Trinajstić information content (AvgIpc) is 3.02. The summed E-state index contributed by atoms with van der Waals surface area (Å²) < 4.78 is 11.2. The van der Waals surface area contributed by atoms with Gasteiger partial charge in [0.1, 0.15) is 5.75 Å². The number of fused-ring (bicyclic) bond motifs is 2. The molecule has 1 aromatic rings. The maximum atomic E-state index is 13.3. The molecule has 5 nitrogen and oxygen atoms in total. The number of aryl methyl sites for hydroxylation is 1. The average molecular weight is 385 g/mol. The summed E-state index contributed by atoms with van der Waals surface area (Å²) in [5, 5.41) is 0. The van der Waals surface area contributed by atoms with Gasteiger partial charge in [-0.2, -0.15) is 0 Å². The second-order valence-corrected chi connectivity index (χ2v) is 9.93. The van der Waals surface area contributed by atoms with Crippen LogP contribution in [0.25, 0.3) is 0 Å². The van der Waals surface area contributed by atoms with Crippen LogP contribution in [-0.4, -0.2) is 68.3 Å². The zero-order chi connectivity index (χ0) is 19.4. The van der Waals surface area contributed by atoms with Gasteiger partial charge in [0.2, 0.25) is 0 Å². The van der Waals surface area contributed by atoms with E-state index in [9.17, 15) is 4.79 Å². The van der Waals surface area contributed by atoms with Gasteiger partial charge < -0.3 is 14.4 Å². The summed E-state index contributed by atoms with van der Waals surface area (Å²) >= 11 is 0. The van der Waals surface area contributed by atoms with E-state index in [0.717, 1.165) is 76.7 Å². The second kappa shape index (κ2) is 6.74. The molecule has 0 aromatic heterocycles. The van der Waals surface area contributed by atoms with E-state index in [1.165, 1.54) is 12.0 Å². The van der Waals surface area contributed by atoms with Crippen LogP contribution in [0.3, 0.4) is 0 Å². The number of morpholine rings is 1. The maximum Gasteiger partial charge on any atom is 0.253 e. The van der Waals surface area contributed by atoms with Crippen molar-refractivity contribution in [3.63, 3.8) is 0 Å². The van der Waals surface area contributed by atoms with Crippen molar-refractivity contribution < 1.29 is 14.3 Å². The first-order valence-electron chi connectivity index (χ1n) is 10.8. The van der Waals surface area contributed by atoms with Gasteiger partial charge in [0, 0.05) is 43.7 Å². The summed E-state index contributed by atoms with van der Waals surface area (Å²) in [5.74, 6) is 1.74. The summed E-state index contributed by atoms with van der Waals surface area (Å²) in [4.78, 5) is 18.0. The van der Waals surface area contributed by atoms with E-state index in [-0.39, 0.29) is 11.3 Å². The normalized spacial score (nSPS) is 31.5. The zero-order valence-corrected chi connectivity index (χ0v) is 17.2. The lowest BCUT2D eigenvalue weighted by Gasteiger charge is -2.58. The van der Waals surface area contributed by atoms with Crippen molar-refractivity contribution in [1.29, 1.82) is 0 Å². The van der Waals surface area contributed by atoms with Gasteiger partial charge in [-0.25, -0.2) is 0 Å². The molecule has 4 aliphatic rings. The zero-order valence-electron chi connectivity index (χ0n) is 17.2. The van der Waals surface area contributed by atoms with Crippen LogP contribution in [0.1, 0.15) is 42.6 Å². The maximum absolute atomic E-state index is 13.3. The molecule has 1 saturated carbocycles. The Labute approximate surface area is 168 Å².